The smallest absolute Gasteiger partial charge is 0.252 e. The van der Waals surface area contributed by atoms with Gasteiger partial charge in [0.1, 0.15) is 0 Å². The first-order valence-corrected chi connectivity index (χ1v) is 8.73. The van der Waals surface area contributed by atoms with Gasteiger partial charge < -0.3 is 15.3 Å². The van der Waals surface area contributed by atoms with E-state index in [-0.39, 0.29) is 23.8 Å². The first-order chi connectivity index (χ1) is 10.6. The average molecular weight is 324 g/mol. The Morgan fingerprint density at radius 3 is 2.68 bits per heavy atom. The minimum Gasteiger partial charge on any atom is -0.396 e. The van der Waals surface area contributed by atoms with Crippen LogP contribution in [0, 0.1) is 5.41 Å². The third-order valence-electron chi connectivity index (χ3n) is 4.67. The SMILES string of the molecule is CCC1(CO)CCN(C(=O)CCNC(=O)c2ccsc2)CC1. The van der Waals surface area contributed by atoms with Crippen LogP contribution in [0.5, 0.6) is 0 Å². The summed E-state index contributed by atoms with van der Waals surface area (Å²) in [5.41, 5.74) is 0.635. The number of nitrogens with zero attached hydrogens (tertiary/aromatic N) is 1. The van der Waals surface area contributed by atoms with Gasteiger partial charge in [0.05, 0.1) is 0 Å². The van der Waals surface area contributed by atoms with Gasteiger partial charge in [-0.15, -0.1) is 0 Å². The number of likely N-dealkylation sites (tertiary alicyclic amines) is 1. The number of aliphatic hydroxyl groups is 1. The topological polar surface area (TPSA) is 69.6 Å². The molecule has 1 fully saturated rings. The summed E-state index contributed by atoms with van der Waals surface area (Å²) in [6, 6.07) is 1.77. The van der Waals surface area contributed by atoms with E-state index < -0.39 is 0 Å². The van der Waals surface area contributed by atoms with E-state index in [0.717, 1.165) is 19.3 Å². The van der Waals surface area contributed by atoms with E-state index in [1.54, 1.807) is 11.4 Å². The second kappa shape index (κ2) is 7.74. The Balaban J connectivity index is 1.71. The zero-order valence-electron chi connectivity index (χ0n) is 13.0. The van der Waals surface area contributed by atoms with Crippen molar-refractivity contribution in [2.45, 2.75) is 32.6 Å². The maximum atomic E-state index is 12.2. The summed E-state index contributed by atoms with van der Waals surface area (Å²) in [4.78, 5) is 25.8. The van der Waals surface area contributed by atoms with Gasteiger partial charge in [0.25, 0.3) is 5.91 Å². The molecule has 5 nitrogen and oxygen atoms in total. The van der Waals surface area contributed by atoms with Gasteiger partial charge in [-0.3, -0.25) is 9.59 Å². The molecule has 0 unspecified atom stereocenters. The van der Waals surface area contributed by atoms with Crippen molar-refractivity contribution in [3.8, 4) is 0 Å². The number of carbonyl (C=O) groups is 2. The van der Waals surface area contributed by atoms with Crippen LogP contribution in [-0.2, 0) is 4.79 Å². The molecule has 22 heavy (non-hydrogen) atoms. The van der Waals surface area contributed by atoms with Crippen LogP contribution < -0.4 is 5.32 Å². The maximum absolute atomic E-state index is 12.2. The molecule has 1 aliphatic heterocycles. The van der Waals surface area contributed by atoms with Crippen LogP contribution in [-0.4, -0.2) is 48.1 Å². The number of hydrogen-bond acceptors (Lipinski definition) is 4. The molecule has 0 aromatic carbocycles. The summed E-state index contributed by atoms with van der Waals surface area (Å²) in [5.74, 6) is -0.0498. The molecule has 0 bridgehead atoms. The second-order valence-corrected chi connectivity index (χ2v) is 6.69. The van der Waals surface area contributed by atoms with E-state index in [4.69, 9.17) is 0 Å². The Hall–Kier alpha value is -1.40. The van der Waals surface area contributed by atoms with E-state index >= 15 is 0 Å². The van der Waals surface area contributed by atoms with Crippen LogP contribution in [0.4, 0.5) is 0 Å². The summed E-state index contributed by atoms with van der Waals surface area (Å²) >= 11 is 1.48. The molecule has 0 aliphatic carbocycles. The number of hydrogen-bond donors (Lipinski definition) is 2. The molecule has 2 amide bonds. The Morgan fingerprint density at radius 1 is 1.41 bits per heavy atom. The lowest BCUT2D eigenvalue weighted by molar-refractivity contribution is -0.134. The summed E-state index contributed by atoms with van der Waals surface area (Å²) < 4.78 is 0. The fourth-order valence-corrected chi connectivity index (χ4v) is 3.43. The monoisotopic (exact) mass is 324 g/mol. The van der Waals surface area contributed by atoms with Crippen molar-refractivity contribution < 1.29 is 14.7 Å². The molecule has 1 aliphatic rings. The van der Waals surface area contributed by atoms with Gasteiger partial charge in [0, 0.05) is 43.6 Å². The van der Waals surface area contributed by atoms with E-state index in [1.807, 2.05) is 10.3 Å². The lowest BCUT2D eigenvalue weighted by Crippen LogP contribution is -2.45. The number of carbonyl (C=O) groups excluding carboxylic acids is 2. The van der Waals surface area contributed by atoms with E-state index in [1.165, 1.54) is 11.3 Å². The van der Waals surface area contributed by atoms with Crippen molar-refractivity contribution in [3.05, 3.63) is 22.4 Å². The predicted molar refractivity (Wildman–Crippen MR) is 86.9 cm³/mol. The normalized spacial score (nSPS) is 17.3. The Labute approximate surface area is 135 Å². The van der Waals surface area contributed by atoms with Crippen LogP contribution in [0.3, 0.4) is 0 Å². The molecular weight excluding hydrogens is 300 g/mol. The molecule has 1 aromatic heterocycles. The van der Waals surface area contributed by atoms with Crippen LogP contribution >= 0.6 is 11.3 Å². The molecule has 122 valence electrons. The Bertz CT molecular complexity index is 487. The molecule has 2 rings (SSSR count). The van der Waals surface area contributed by atoms with Crippen LogP contribution in [0.1, 0.15) is 43.0 Å². The lowest BCUT2D eigenvalue weighted by atomic mass is 9.77. The zero-order valence-corrected chi connectivity index (χ0v) is 13.8. The molecule has 0 saturated carbocycles. The number of rotatable bonds is 6. The highest BCUT2D eigenvalue weighted by atomic mass is 32.1. The molecule has 1 aromatic rings. The zero-order chi connectivity index (χ0) is 16.0. The van der Waals surface area contributed by atoms with E-state index in [0.29, 0.717) is 31.6 Å². The molecule has 2 N–H and O–H groups in total. The molecule has 1 saturated heterocycles. The van der Waals surface area contributed by atoms with E-state index in [2.05, 4.69) is 12.2 Å². The lowest BCUT2D eigenvalue weighted by Gasteiger charge is -2.40. The molecular formula is C16H24N2O3S. The third kappa shape index (κ3) is 4.08. The van der Waals surface area contributed by atoms with Gasteiger partial charge in [-0.05, 0) is 36.1 Å². The highest BCUT2D eigenvalue weighted by Crippen LogP contribution is 2.34. The highest BCUT2D eigenvalue weighted by Gasteiger charge is 2.33. The quantitative estimate of drug-likeness (QED) is 0.839. The van der Waals surface area contributed by atoms with Crippen molar-refractivity contribution in [3.63, 3.8) is 0 Å². The second-order valence-electron chi connectivity index (χ2n) is 5.91. The fourth-order valence-electron chi connectivity index (χ4n) is 2.79. The number of thiophene rings is 1. The van der Waals surface area contributed by atoms with Gasteiger partial charge in [-0.2, -0.15) is 11.3 Å². The van der Waals surface area contributed by atoms with Crippen molar-refractivity contribution >= 4 is 23.2 Å². The summed E-state index contributed by atoms with van der Waals surface area (Å²) in [6.07, 6.45) is 2.98. The number of nitrogens with one attached hydrogen (secondary N) is 1. The van der Waals surface area contributed by atoms with Crippen molar-refractivity contribution in [2.24, 2.45) is 5.41 Å². The molecule has 0 radical (unpaired) electrons. The average Bonchev–Trinajstić information content (AvgIpc) is 3.09. The largest absolute Gasteiger partial charge is 0.396 e. The van der Waals surface area contributed by atoms with Crippen molar-refractivity contribution in [1.82, 2.24) is 10.2 Å². The first-order valence-electron chi connectivity index (χ1n) is 7.79. The van der Waals surface area contributed by atoms with E-state index in [9.17, 15) is 14.7 Å². The summed E-state index contributed by atoms with van der Waals surface area (Å²) in [6.45, 7) is 4.05. The molecule has 0 spiro atoms. The standard InChI is InChI=1S/C16H24N2O3S/c1-2-16(12-19)5-8-18(9-6-16)14(20)3-7-17-15(21)13-4-10-22-11-13/h4,10-11,19H,2-3,5-9,12H2,1H3,(H,17,21). The third-order valence-corrected chi connectivity index (χ3v) is 5.35. The van der Waals surface area contributed by atoms with Crippen LogP contribution in [0.25, 0.3) is 0 Å². The van der Waals surface area contributed by atoms with Gasteiger partial charge in [-0.25, -0.2) is 0 Å². The Kier molecular flexibility index (Phi) is 5.97. The summed E-state index contributed by atoms with van der Waals surface area (Å²) in [5, 5.41) is 15.9. The Morgan fingerprint density at radius 2 is 2.14 bits per heavy atom. The van der Waals surface area contributed by atoms with Crippen molar-refractivity contribution in [2.75, 3.05) is 26.2 Å². The maximum Gasteiger partial charge on any atom is 0.252 e. The van der Waals surface area contributed by atoms with Gasteiger partial charge in [0.15, 0.2) is 0 Å². The van der Waals surface area contributed by atoms with Gasteiger partial charge in [0.2, 0.25) is 5.91 Å². The number of aliphatic hydroxyl groups excluding tert-OH is 1. The fraction of sp³-hybridized carbons (Fsp3) is 0.625. The number of piperidine rings is 1. The minimum atomic E-state index is -0.127. The van der Waals surface area contributed by atoms with Crippen LogP contribution in [0.15, 0.2) is 16.8 Å². The van der Waals surface area contributed by atoms with Gasteiger partial charge in [-0.1, -0.05) is 6.92 Å². The molecule has 6 heteroatoms. The molecule has 0 atom stereocenters. The summed E-state index contributed by atoms with van der Waals surface area (Å²) in [7, 11) is 0. The van der Waals surface area contributed by atoms with Crippen molar-refractivity contribution in [1.29, 1.82) is 0 Å². The highest BCUT2D eigenvalue weighted by molar-refractivity contribution is 7.08. The molecule has 2 heterocycles. The predicted octanol–water partition coefficient (Wildman–Crippen LogP) is 1.88. The van der Waals surface area contributed by atoms with Crippen LogP contribution in [0.2, 0.25) is 0 Å². The number of amides is 2. The first kappa shape index (κ1) is 17.0. The minimum absolute atomic E-state index is 0.00997. The van der Waals surface area contributed by atoms with Gasteiger partial charge >= 0.3 is 0 Å².